The summed E-state index contributed by atoms with van der Waals surface area (Å²) in [6.45, 7) is 7.24. The molecule has 1 aromatic heterocycles. The molecule has 1 rings (SSSR count). The fraction of sp³-hybridized carbons (Fsp3) is 0.727. The molecule has 1 aromatic rings. The number of carbonyl (C=O) groups is 1. The first-order valence-corrected chi connectivity index (χ1v) is 5.72. The van der Waals surface area contributed by atoms with Gasteiger partial charge < -0.3 is 10.1 Å². The maximum absolute atomic E-state index is 11.4. The maximum Gasteiger partial charge on any atom is 0.246 e. The first-order chi connectivity index (χ1) is 7.97. The molecule has 0 saturated carbocycles. The van der Waals surface area contributed by atoms with Gasteiger partial charge in [0.15, 0.2) is 0 Å². The highest BCUT2D eigenvalue weighted by Gasteiger charge is 2.12. The number of aromatic nitrogens is 3. The van der Waals surface area contributed by atoms with Gasteiger partial charge in [-0.2, -0.15) is 0 Å². The molecule has 0 spiro atoms. The molecule has 6 heteroatoms. The Balaban J connectivity index is 2.04. The van der Waals surface area contributed by atoms with Gasteiger partial charge >= 0.3 is 0 Å². The number of aryl methyl sites for hydroxylation is 1. The SMILES string of the molecule is CC(C)(C)OCC(=O)NCCCn1ccnn1. The monoisotopic (exact) mass is 240 g/mol. The number of nitrogens with one attached hydrogen (secondary N) is 1. The van der Waals surface area contributed by atoms with Gasteiger partial charge in [0.1, 0.15) is 6.61 Å². The number of hydrogen-bond acceptors (Lipinski definition) is 4. The molecule has 0 unspecified atom stereocenters. The fourth-order valence-electron chi connectivity index (χ4n) is 1.15. The summed E-state index contributed by atoms with van der Waals surface area (Å²) < 4.78 is 7.09. The molecule has 0 aliphatic carbocycles. The highest BCUT2D eigenvalue weighted by Crippen LogP contribution is 2.05. The van der Waals surface area contributed by atoms with Crippen molar-refractivity contribution in [1.82, 2.24) is 20.3 Å². The number of nitrogens with zero attached hydrogens (tertiary/aromatic N) is 3. The molecule has 0 aliphatic rings. The second kappa shape index (κ2) is 6.34. The van der Waals surface area contributed by atoms with E-state index in [1.165, 1.54) is 0 Å². The molecule has 0 atom stereocenters. The lowest BCUT2D eigenvalue weighted by atomic mass is 10.2. The van der Waals surface area contributed by atoms with Gasteiger partial charge in [-0.3, -0.25) is 9.48 Å². The van der Waals surface area contributed by atoms with Crippen molar-refractivity contribution in [1.29, 1.82) is 0 Å². The van der Waals surface area contributed by atoms with E-state index in [-0.39, 0.29) is 18.1 Å². The zero-order valence-electron chi connectivity index (χ0n) is 10.6. The third kappa shape index (κ3) is 6.68. The van der Waals surface area contributed by atoms with E-state index in [1.807, 2.05) is 20.8 Å². The molecule has 0 aromatic carbocycles. The summed E-state index contributed by atoms with van der Waals surface area (Å²) in [7, 11) is 0. The van der Waals surface area contributed by atoms with E-state index in [9.17, 15) is 4.79 Å². The summed E-state index contributed by atoms with van der Waals surface area (Å²) >= 11 is 0. The van der Waals surface area contributed by atoms with E-state index in [4.69, 9.17) is 4.74 Å². The van der Waals surface area contributed by atoms with Gasteiger partial charge in [-0.05, 0) is 27.2 Å². The minimum absolute atomic E-state index is 0.0847. The lowest BCUT2D eigenvalue weighted by molar-refractivity contribution is -0.130. The van der Waals surface area contributed by atoms with Crippen LogP contribution < -0.4 is 5.32 Å². The Bertz CT molecular complexity index is 330. The molecule has 0 aliphatic heterocycles. The minimum Gasteiger partial charge on any atom is -0.366 e. The molecule has 1 amide bonds. The summed E-state index contributed by atoms with van der Waals surface area (Å²) in [6.07, 6.45) is 4.25. The van der Waals surface area contributed by atoms with Crippen LogP contribution in [-0.2, 0) is 16.1 Å². The smallest absolute Gasteiger partial charge is 0.246 e. The van der Waals surface area contributed by atoms with E-state index < -0.39 is 0 Å². The van der Waals surface area contributed by atoms with Crippen LogP contribution in [0.5, 0.6) is 0 Å². The van der Waals surface area contributed by atoms with Gasteiger partial charge in [0.2, 0.25) is 5.91 Å². The maximum atomic E-state index is 11.4. The molecular formula is C11H20N4O2. The Labute approximate surface area is 101 Å². The molecule has 0 radical (unpaired) electrons. The van der Waals surface area contributed by atoms with Crippen molar-refractivity contribution < 1.29 is 9.53 Å². The number of rotatable bonds is 6. The Kier molecular flexibility index (Phi) is 5.09. The van der Waals surface area contributed by atoms with Crippen LogP contribution in [0.1, 0.15) is 27.2 Å². The van der Waals surface area contributed by atoms with E-state index in [0.717, 1.165) is 13.0 Å². The summed E-state index contributed by atoms with van der Waals surface area (Å²) in [5, 5.41) is 10.3. The van der Waals surface area contributed by atoms with Crippen LogP contribution in [-0.4, -0.2) is 39.7 Å². The minimum atomic E-state index is -0.280. The normalized spacial score (nSPS) is 11.5. The molecular weight excluding hydrogens is 220 g/mol. The molecule has 0 fully saturated rings. The molecule has 1 N–H and O–H groups in total. The van der Waals surface area contributed by atoms with Gasteiger partial charge in [0.05, 0.1) is 11.8 Å². The van der Waals surface area contributed by atoms with Gasteiger partial charge in [-0.25, -0.2) is 0 Å². The summed E-state index contributed by atoms with van der Waals surface area (Å²) in [6, 6.07) is 0. The molecule has 0 bridgehead atoms. The van der Waals surface area contributed by atoms with Gasteiger partial charge in [0.25, 0.3) is 0 Å². The van der Waals surface area contributed by atoms with Crippen molar-refractivity contribution in [3.63, 3.8) is 0 Å². The molecule has 96 valence electrons. The van der Waals surface area contributed by atoms with Crippen molar-refractivity contribution in [3.8, 4) is 0 Å². The van der Waals surface area contributed by atoms with E-state index in [2.05, 4.69) is 15.6 Å². The van der Waals surface area contributed by atoms with Gasteiger partial charge in [-0.1, -0.05) is 5.21 Å². The van der Waals surface area contributed by atoms with Gasteiger partial charge in [0, 0.05) is 19.3 Å². The summed E-state index contributed by atoms with van der Waals surface area (Å²) in [5.41, 5.74) is -0.280. The second-order valence-electron chi connectivity index (χ2n) is 4.77. The quantitative estimate of drug-likeness (QED) is 0.739. The number of hydrogen-bond donors (Lipinski definition) is 1. The van der Waals surface area contributed by atoms with Crippen molar-refractivity contribution in [2.75, 3.05) is 13.2 Å². The second-order valence-corrected chi connectivity index (χ2v) is 4.77. The number of carbonyl (C=O) groups excluding carboxylic acids is 1. The van der Waals surface area contributed by atoms with Crippen molar-refractivity contribution >= 4 is 5.91 Å². The lowest BCUT2D eigenvalue weighted by Gasteiger charge is -2.18. The standard InChI is InChI=1S/C11H20N4O2/c1-11(2,3)17-9-10(16)12-5-4-7-15-8-6-13-14-15/h6,8H,4-5,7,9H2,1-3H3,(H,12,16). The zero-order chi connectivity index (χ0) is 12.7. The Hall–Kier alpha value is -1.43. The van der Waals surface area contributed by atoms with E-state index in [0.29, 0.717) is 6.54 Å². The molecule has 17 heavy (non-hydrogen) atoms. The summed E-state index contributed by atoms with van der Waals surface area (Å²) in [4.78, 5) is 11.4. The lowest BCUT2D eigenvalue weighted by Crippen LogP contribution is -2.32. The van der Waals surface area contributed by atoms with Crippen LogP contribution in [0, 0.1) is 0 Å². The molecule has 1 heterocycles. The highest BCUT2D eigenvalue weighted by molar-refractivity contribution is 5.77. The number of amides is 1. The predicted octanol–water partition coefficient (Wildman–Crippen LogP) is 0.599. The third-order valence-corrected chi connectivity index (χ3v) is 1.99. The van der Waals surface area contributed by atoms with E-state index >= 15 is 0 Å². The highest BCUT2D eigenvalue weighted by atomic mass is 16.5. The Morgan fingerprint density at radius 3 is 2.82 bits per heavy atom. The van der Waals surface area contributed by atoms with Crippen molar-refractivity contribution in [2.24, 2.45) is 0 Å². The van der Waals surface area contributed by atoms with Crippen LogP contribution in [0.15, 0.2) is 12.4 Å². The topological polar surface area (TPSA) is 69.0 Å². The largest absolute Gasteiger partial charge is 0.366 e. The average Bonchev–Trinajstić information content (AvgIpc) is 2.73. The fourth-order valence-corrected chi connectivity index (χ4v) is 1.15. The first-order valence-electron chi connectivity index (χ1n) is 5.72. The van der Waals surface area contributed by atoms with E-state index in [1.54, 1.807) is 17.1 Å². The predicted molar refractivity (Wildman–Crippen MR) is 63.4 cm³/mol. The first kappa shape index (κ1) is 13.6. The number of ether oxygens (including phenoxy) is 1. The Morgan fingerprint density at radius 2 is 2.24 bits per heavy atom. The Morgan fingerprint density at radius 1 is 1.47 bits per heavy atom. The average molecular weight is 240 g/mol. The van der Waals surface area contributed by atoms with Crippen LogP contribution >= 0.6 is 0 Å². The van der Waals surface area contributed by atoms with Crippen molar-refractivity contribution in [3.05, 3.63) is 12.4 Å². The van der Waals surface area contributed by atoms with Crippen LogP contribution in [0.2, 0.25) is 0 Å². The van der Waals surface area contributed by atoms with Crippen LogP contribution in [0.3, 0.4) is 0 Å². The summed E-state index contributed by atoms with van der Waals surface area (Å²) in [5.74, 6) is -0.0847. The van der Waals surface area contributed by atoms with Crippen molar-refractivity contribution in [2.45, 2.75) is 39.3 Å². The third-order valence-electron chi connectivity index (χ3n) is 1.99. The van der Waals surface area contributed by atoms with Crippen LogP contribution in [0.4, 0.5) is 0 Å². The molecule has 6 nitrogen and oxygen atoms in total. The van der Waals surface area contributed by atoms with Crippen LogP contribution in [0.25, 0.3) is 0 Å². The van der Waals surface area contributed by atoms with Gasteiger partial charge in [-0.15, -0.1) is 5.10 Å². The molecule has 0 saturated heterocycles. The zero-order valence-corrected chi connectivity index (χ0v) is 10.6.